The van der Waals surface area contributed by atoms with Crippen LogP contribution >= 0.6 is 0 Å². The van der Waals surface area contributed by atoms with Gasteiger partial charge in [0.25, 0.3) is 0 Å². The quantitative estimate of drug-likeness (QED) is 0.359. The fourth-order valence-electron chi connectivity index (χ4n) is 2.58. The Balaban J connectivity index is 2.95. The molecule has 0 saturated heterocycles. The number of methoxy groups -OCH3 is 1. The van der Waals surface area contributed by atoms with Crippen LogP contribution in [0.2, 0.25) is 0 Å². The van der Waals surface area contributed by atoms with Crippen molar-refractivity contribution >= 4 is 11.8 Å². The number of rotatable bonds is 5. The number of allylic oxidation sites excluding steroid dienone is 3. The largest absolute Gasteiger partial charge is 0.512 e. The Morgan fingerprint density at radius 3 is 2.84 bits per heavy atom. The number of ether oxygens (including phenoxy) is 1. The van der Waals surface area contributed by atoms with Crippen LogP contribution in [0.4, 0.5) is 0 Å². The van der Waals surface area contributed by atoms with Gasteiger partial charge in [-0.3, -0.25) is 9.59 Å². The van der Waals surface area contributed by atoms with E-state index in [-0.39, 0.29) is 35.8 Å². The molecule has 0 aliphatic heterocycles. The lowest BCUT2D eigenvalue weighted by Crippen LogP contribution is -2.28. The van der Waals surface area contributed by atoms with Crippen LogP contribution in [0.5, 0.6) is 0 Å². The molecule has 0 unspecified atom stereocenters. The van der Waals surface area contributed by atoms with E-state index >= 15 is 0 Å². The third-order valence-electron chi connectivity index (χ3n) is 3.47. The highest BCUT2D eigenvalue weighted by atomic mass is 16.5. The van der Waals surface area contributed by atoms with E-state index in [1.807, 2.05) is 6.92 Å². The molecule has 0 radical (unpaired) electrons. The summed E-state index contributed by atoms with van der Waals surface area (Å²) in [5.74, 6) is -0.285. The Hall–Kier alpha value is -1.58. The summed E-state index contributed by atoms with van der Waals surface area (Å²) in [5.41, 5.74) is 0.422. The molecule has 0 spiro atoms. The molecule has 106 valence electrons. The van der Waals surface area contributed by atoms with Crippen LogP contribution in [0, 0.1) is 11.8 Å². The number of aliphatic hydroxyl groups excluding tert-OH is 1. The minimum atomic E-state index is -0.346. The second-order valence-corrected chi connectivity index (χ2v) is 5.13. The van der Waals surface area contributed by atoms with Crippen molar-refractivity contribution < 1.29 is 19.4 Å². The molecular weight excluding hydrogens is 244 g/mol. The second-order valence-electron chi connectivity index (χ2n) is 5.13. The maximum atomic E-state index is 12.1. The van der Waals surface area contributed by atoms with E-state index in [4.69, 9.17) is 0 Å². The van der Waals surface area contributed by atoms with Crippen LogP contribution in [0.1, 0.15) is 39.0 Å². The third-order valence-corrected chi connectivity index (χ3v) is 3.47. The molecule has 4 nitrogen and oxygen atoms in total. The number of hydrogen-bond acceptors (Lipinski definition) is 4. The number of hydrogen-bond donors (Lipinski definition) is 1. The summed E-state index contributed by atoms with van der Waals surface area (Å²) in [7, 11) is 1.33. The molecule has 2 atom stereocenters. The van der Waals surface area contributed by atoms with E-state index in [1.54, 1.807) is 6.08 Å². The van der Waals surface area contributed by atoms with Crippen LogP contribution in [-0.2, 0) is 14.3 Å². The van der Waals surface area contributed by atoms with Crippen LogP contribution in [0.25, 0.3) is 0 Å². The Bertz CT molecular complexity index is 395. The number of aliphatic hydroxyl groups is 1. The Morgan fingerprint density at radius 1 is 1.58 bits per heavy atom. The summed E-state index contributed by atoms with van der Waals surface area (Å²) in [6.07, 6.45) is 4.03. The van der Waals surface area contributed by atoms with E-state index < -0.39 is 0 Å². The molecule has 0 amide bonds. The van der Waals surface area contributed by atoms with Gasteiger partial charge in [0.2, 0.25) is 0 Å². The summed E-state index contributed by atoms with van der Waals surface area (Å²) in [4.78, 5) is 23.5. The van der Waals surface area contributed by atoms with Crippen molar-refractivity contribution in [2.45, 2.75) is 39.0 Å². The predicted molar refractivity (Wildman–Crippen MR) is 72.6 cm³/mol. The third kappa shape index (κ3) is 4.23. The summed E-state index contributed by atoms with van der Waals surface area (Å²) in [6.45, 7) is 5.58. The molecule has 0 aromatic carbocycles. The minimum absolute atomic E-state index is 0.0470. The van der Waals surface area contributed by atoms with Gasteiger partial charge in [0, 0.05) is 24.3 Å². The van der Waals surface area contributed by atoms with Gasteiger partial charge in [0.05, 0.1) is 19.3 Å². The maximum absolute atomic E-state index is 12.1. The summed E-state index contributed by atoms with van der Waals surface area (Å²) >= 11 is 0. The van der Waals surface area contributed by atoms with Crippen molar-refractivity contribution in [1.29, 1.82) is 0 Å². The average molecular weight is 266 g/mol. The first-order valence-electron chi connectivity index (χ1n) is 6.62. The van der Waals surface area contributed by atoms with Gasteiger partial charge in [0.15, 0.2) is 5.78 Å². The molecule has 1 saturated carbocycles. The molecule has 1 aliphatic carbocycles. The van der Waals surface area contributed by atoms with Crippen molar-refractivity contribution in [2.24, 2.45) is 11.8 Å². The molecule has 0 aromatic heterocycles. The number of esters is 1. The van der Waals surface area contributed by atoms with E-state index in [0.29, 0.717) is 24.8 Å². The highest BCUT2D eigenvalue weighted by Gasteiger charge is 2.33. The molecule has 0 heterocycles. The highest BCUT2D eigenvalue weighted by Crippen LogP contribution is 2.35. The lowest BCUT2D eigenvalue weighted by molar-refractivity contribution is -0.141. The van der Waals surface area contributed by atoms with Gasteiger partial charge in [-0.05, 0) is 18.8 Å². The smallest absolute Gasteiger partial charge is 0.306 e. The molecule has 0 aromatic rings. The van der Waals surface area contributed by atoms with E-state index in [2.05, 4.69) is 11.3 Å². The van der Waals surface area contributed by atoms with E-state index in [0.717, 1.165) is 6.42 Å². The monoisotopic (exact) mass is 266 g/mol. The first kappa shape index (κ1) is 15.5. The SMILES string of the molecule is C=CCC/C(O)=C1/C(=O)C[C@H](C)C[C@H]1CC(=O)OC. The van der Waals surface area contributed by atoms with Crippen molar-refractivity contribution in [3.05, 3.63) is 24.0 Å². The molecule has 0 bridgehead atoms. The van der Waals surface area contributed by atoms with Gasteiger partial charge in [-0.1, -0.05) is 13.0 Å². The fourth-order valence-corrected chi connectivity index (χ4v) is 2.58. The van der Waals surface area contributed by atoms with E-state index in [9.17, 15) is 14.7 Å². The Labute approximate surface area is 114 Å². The van der Waals surface area contributed by atoms with Gasteiger partial charge >= 0.3 is 5.97 Å². The van der Waals surface area contributed by atoms with E-state index in [1.165, 1.54) is 7.11 Å². The topological polar surface area (TPSA) is 63.6 Å². The highest BCUT2D eigenvalue weighted by molar-refractivity contribution is 5.97. The summed E-state index contributed by atoms with van der Waals surface area (Å²) in [5, 5.41) is 10.1. The number of Topliss-reactive ketones (excluding diaryl/α,β-unsaturated/α-hetero) is 1. The van der Waals surface area contributed by atoms with Gasteiger partial charge in [0.1, 0.15) is 0 Å². The van der Waals surface area contributed by atoms with Crippen molar-refractivity contribution in [2.75, 3.05) is 7.11 Å². The molecule has 1 N–H and O–H groups in total. The lowest BCUT2D eigenvalue weighted by atomic mass is 9.75. The zero-order valence-electron chi connectivity index (χ0n) is 11.6. The number of carbonyl (C=O) groups excluding carboxylic acids is 2. The molecule has 4 heteroatoms. The average Bonchev–Trinajstić information content (AvgIpc) is 2.35. The first-order chi connectivity index (χ1) is 8.99. The normalized spacial score (nSPS) is 25.9. The lowest BCUT2D eigenvalue weighted by Gasteiger charge is -2.28. The predicted octanol–water partition coefficient (Wildman–Crippen LogP) is 2.94. The van der Waals surface area contributed by atoms with Gasteiger partial charge in [-0.15, -0.1) is 6.58 Å². The molecular formula is C15H22O4. The Kier molecular flexibility index (Phi) is 5.80. The van der Waals surface area contributed by atoms with Crippen molar-refractivity contribution in [1.82, 2.24) is 0 Å². The first-order valence-corrected chi connectivity index (χ1v) is 6.62. The van der Waals surface area contributed by atoms with Crippen molar-refractivity contribution in [3.63, 3.8) is 0 Å². The number of carbonyl (C=O) groups is 2. The minimum Gasteiger partial charge on any atom is -0.512 e. The molecule has 1 fully saturated rings. The molecule has 1 aliphatic rings. The molecule has 1 rings (SSSR count). The van der Waals surface area contributed by atoms with Gasteiger partial charge in [-0.25, -0.2) is 0 Å². The van der Waals surface area contributed by atoms with Crippen LogP contribution in [0.3, 0.4) is 0 Å². The van der Waals surface area contributed by atoms with Gasteiger partial charge in [-0.2, -0.15) is 0 Å². The summed E-state index contributed by atoms with van der Waals surface area (Å²) in [6, 6.07) is 0. The number of ketones is 1. The van der Waals surface area contributed by atoms with Crippen LogP contribution < -0.4 is 0 Å². The van der Waals surface area contributed by atoms with Crippen LogP contribution in [0.15, 0.2) is 24.0 Å². The Morgan fingerprint density at radius 2 is 2.26 bits per heavy atom. The van der Waals surface area contributed by atoms with Crippen LogP contribution in [-0.4, -0.2) is 24.0 Å². The standard InChI is InChI=1S/C15H22O4/c1-4-5-6-12(16)15-11(9-14(18)19-3)7-10(2)8-13(15)17/h4,10-11,16H,1,5-9H2,2-3H3/b15-12-/t10-,11+/m1/s1. The second kappa shape index (κ2) is 7.12. The summed E-state index contributed by atoms with van der Waals surface area (Å²) < 4.78 is 4.66. The maximum Gasteiger partial charge on any atom is 0.306 e. The molecule has 19 heavy (non-hydrogen) atoms. The van der Waals surface area contributed by atoms with Crippen molar-refractivity contribution in [3.8, 4) is 0 Å². The van der Waals surface area contributed by atoms with Gasteiger partial charge < -0.3 is 9.84 Å². The fraction of sp³-hybridized carbons (Fsp3) is 0.600. The zero-order chi connectivity index (χ0) is 14.4. The zero-order valence-corrected chi connectivity index (χ0v) is 11.6.